The van der Waals surface area contributed by atoms with Crippen LogP contribution in [0.2, 0.25) is 0 Å². The Morgan fingerprint density at radius 1 is 1.15 bits per heavy atom. The fourth-order valence-electron chi connectivity index (χ4n) is 5.35. The highest BCUT2D eigenvalue weighted by Crippen LogP contribution is 2.32. The number of rotatable bonds is 7. The molecule has 1 fully saturated rings. The number of carboxylic acid groups (broad SMARTS) is 1. The molecule has 0 aromatic carbocycles. The number of nitrogens with one attached hydrogen (secondary N) is 2. The zero-order valence-electron chi connectivity index (χ0n) is 23.8. The lowest BCUT2D eigenvalue weighted by molar-refractivity contribution is 0.0555. The van der Waals surface area contributed by atoms with Gasteiger partial charge in [-0.2, -0.15) is 15.0 Å². The maximum atomic E-state index is 11.9. The Kier molecular flexibility index (Phi) is 7.49. The Labute approximate surface area is 237 Å². The Morgan fingerprint density at radius 3 is 2.56 bits per heavy atom. The van der Waals surface area contributed by atoms with Crippen molar-refractivity contribution in [3.63, 3.8) is 0 Å². The van der Waals surface area contributed by atoms with Crippen molar-refractivity contribution in [1.29, 1.82) is 5.26 Å². The molecule has 13 heteroatoms. The van der Waals surface area contributed by atoms with Crippen LogP contribution in [0.1, 0.15) is 65.9 Å². The van der Waals surface area contributed by atoms with Crippen LogP contribution in [0.3, 0.4) is 0 Å². The zero-order valence-corrected chi connectivity index (χ0v) is 23.8. The van der Waals surface area contributed by atoms with Gasteiger partial charge in [0.25, 0.3) is 5.89 Å². The molecule has 4 aromatic rings. The second-order valence-corrected chi connectivity index (χ2v) is 11.6. The first-order chi connectivity index (χ1) is 19.5. The maximum absolute atomic E-state index is 11.9. The SMILES string of the molecule is CC(C)Nc1cc(-n2ncc3cc(C#N)cnc32)ncc1-c1nnc(NC2CCC(N(C(=O)O)C(C)(C)C)CC2)o1. The van der Waals surface area contributed by atoms with E-state index in [9.17, 15) is 9.90 Å². The van der Waals surface area contributed by atoms with Crippen molar-refractivity contribution < 1.29 is 14.3 Å². The standard InChI is InChI=1S/C28H34N10O3/c1-16(2)33-22-11-23(38-24-18(14-32-38)10-17(12-29)13-31-24)30-15-21(22)25-35-36-26(41-25)34-19-6-8-20(9-7-19)37(27(39)40)28(3,4)5/h10-11,13-16,19-20H,6-9H2,1-5H3,(H,30,33)(H,34,36)(H,39,40). The summed E-state index contributed by atoms with van der Waals surface area (Å²) >= 11 is 0. The summed E-state index contributed by atoms with van der Waals surface area (Å²) in [4.78, 5) is 22.4. The van der Waals surface area contributed by atoms with Gasteiger partial charge in [0.15, 0.2) is 11.5 Å². The van der Waals surface area contributed by atoms with Crippen LogP contribution in [0.25, 0.3) is 28.3 Å². The molecule has 13 nitrogen and oxygen atoms in total. The lowest BCUT2D eigenvalue weighted by atomic mass is 9.88. The summed E-state index contributed by atoms with van der Waals surface area (Å²) in [5.41, 5.74) is 1.99. The van der Waals surface area contributed by atoms with E-state index in [0.717, 1.165) is 36.8 Å². The third-order valence-electron chi connectivity index (χ3n) is 7.06. The third-order valence-corrected chi connectivity index (χ3v) is 7.06. The fourth-order valence-corrected chi connectivity index (χ4v) is 5.35. The lowest BCUT2D eigenvalue weighted by Gasteiger charge is -2.42. The second kappa shape index (κ2) is 11.0. The van der Waals surface area contributed by atoms with Crippen molar-refractivity contribution in [2.45, 2.75) is 84.0 Å². The Hall–Kier alpha value is -4.73. The molecule has 0 atom stereocenters. The molecule has 0 radical (unpaired) electrons. The molecule has 0 spiro atoms. The molecule has 1 aliphatic carbocycles. The van der Waals surface area contributed by atoms with Gasteiger partial charge in [0.05, 0.1) is 23.0 Å². The molecule has 1 amide bonds. The van der Waals surface area contributed by atoms with E-state index < -0.39 is 11.6 Å². The van der Waals surface area contributed by atoms with Gasteiger partial charge in [-0.25, -0.2) is 14.8 Å². The smallest absolute Gasteiger partial charge is 0.407 e. The van der Waals surface area contributed by atoms with E-state index in [4.69, 9.17) is 9.68 Å². The predicted octanol–water partition coefficient (Wildman–Crippen LogP) is 5.06. The van der Waals surface area contributed by atoms with Crippen molar-refractivity contribution in [2.24, 2.45) is 0 Å². The van der Waals surface area contributed by atoms with Crippen LogP contribution in [-0.4, -0.2) is 69.7 Å². The summed E-state index contributed by atoms with van der Waals surface area (Å²) in [6, 6.07) is 6.18. The minimum Gasteiger partial charge on any atom is -0.465 e. The summed E-state index contributed by atoms with van der Waals surface area (Å²) in [5, 5.41) is 39.3. The average molecular weight is 559 g/mol. The van der Waals surface area contributed by atoms with Gasteiger partial charge in [-0.3, -0.25) is 0 Å². The molecule has 1 aliphatic rings. The molecule has 214 valence electrons. The minimum absolute atomic E-state index is 0.0199. The molecular weight excluding hydrogens is 524 g/mol. The first kappa shape index (κ1) is 27.8. The van der Waals surface area contributed by atoms with Crippen molar-refractivity contribution in [1.82, 2.24) is 34.8 Å². The molecular formula is C28H34N10O3. The van der Waals surface area contributed by atoms with Crippen LogP contribution in [0, 0.1) is 11.3 Å². The van der Waals surface area contributed by atoms with Crippen molar-refractivity contribution >= 4 is 28.8 Å². The lowest BCUT2D eigenvalue weighted by Crippen LogP contribution is -2.52. The molecule has 0 unspecified atom stereocenters. The summed E-state index contributed by atoms with van der Waals surface area (Å²) in [6.07, 6.45) is 7.03. The maximum Gasteiger partial charge on any atom is 0.407 e. The number of nitriles is 1. The van der Waals surface area contributed by atoms with Gasteiger partial charge < -0.3 is 25.1 Å². The summed E-state index contributed by atoms with van der Waals surface area (Å²) in [6.45, 7) is 9.83. The normalized spacial score (nSPS) is 17.4. The van der Waals surface area contributed by atoms with E-state index in [-0.39, 0.29) is 18.1 Å². The average Bonchev–Trinajstić information content (AvgIpc) is 3.55. The largest absolute Gasteiger partial charge is 0.465 e. The second-order valence-electron chi connectivity index (χ2n) is 11.6. The molecule has 0 aliphatic heterocycles. The van der Waals surface area contributed by atoms with Crippen LogP contribution < -0.4 is 10.6 Å². The van der Waals surface area contributed by atoms with E-state index >= 15 is 0 Å². The number of carbonyl (C=O) groups is 1. The molecule has 41 heavy (non-hydrogen) atoms. The predicted molar refractivity (Wildman–Crippen MR) is 153 cm³/mol. The van der Waals surface area contributed by atoms with Gasteiger partial charge in [-0.1, -0.05) is 5.10 Å². The summed E-state index contributed by atoms with van der Waals surface area (Å²) in [7, 11) is 0. The molecule has 3 N–H and O–H groups in total. The van der Waals surface area contributed by atoms with Gasteiger partial charge in [-0.15, -0.1) is 5.10 Å². The number of fused-ring (bicyclic) bond motifs is 1. The minimum atomic E-state index is -0.883. The molecule has 0 saturated heterocycles. The molecule has 1 saturated carbocycles. The van der Waals surface area contributed by atoms with Crippen LogP contribution in [-0.2, 0) is 0 Å². The highest BCUT2D eigenvalue weighted by atomic mass is 16.4. The monoisotopic (exact) mass is 558 g/mol. The quantitative estimate of drug-likeness (QED) is 0.277. The van der Waals surface area contributed by atoms with Gasteiger partial charge >= 0.3 is 12.1 Å². The van der Waals surface area contributed by atoms with Crippen LogP contribution >= 0.6 is 0 Å². The van der Waals surface area contributed by atoms with Crippen molar-refractivity contribution in [3.8, 4) is 23.3 Å². The number of nitrogens with zero attached hydrogens (tertiary/aromatic N) is 8. The molecule has 5 rings (SSSR count). The van der Waals surface area contributed by atoms with Crippen LogP contribution in [0.15, 0.2) is 35.1 Å². The van der Waals surface area contributed by atoms with Gasteiger partial charge in [0.2, 0.25) is 0 Å². The number of hydrogen-bond acceptors (Lipinski definition) is 10. The van der Waals surface area contributed by atoms with E-state index in [1.807, 2.05) is 40.7 Å². The molecule has 4 heterocycles. The van der Waals surface area contributed by atoms with Crippen LogP contribution in [0.4, 0.5) is 16.5 Å². The van der Waals surface area contributed by atoms with Gasteiger partial charge in [0, 0.05) is 47.5 Å². The molecule has 0 bridgehead atoms. The Balaban J connectivity index is 1.33. The summed E-state index contributed by atoms with van der Waals surface area (Å²) < 4.78 is 7.62. The van der Waals surface area contributed by atoms with Crippen molar-refractivity contribution in [2.75, 3.05) is 10.6 Å². The third kappa shape index (κ3) is 5.91. The van der Waals surface area contributed by atoms with Crippen molar-refractivity contribution in [3.05, 3.63) is 36.3 Å². The van der Waals surface area contributed by atoms with Crippen LogP contribution in [0.5, 0.6) is 0 Å². The number of aromatic nitrogens is 6. The van der Waals surface area contributed by atoms with E-state index in [2.05, 4.69) is 42.0 Å². The summed E-state index contributed by atoms with van der Waals surface area (Å²) in [5.74, 6) is 0.861. The Morgan fingerprint density at radius 2 is 1.90 bits per heavy atom. The highest BCUT2D eigenvalue weighted by molar-refractivity contribution is 5.79. The topological polar surface area (TPSA) is 171 Å². The van der Waals surface area contributed by atoms with Gasteiger partial charge in [0.1, 0.15) is 6.07 Å². The fraction of sp³-hybridized carbons (Fsp3) is 0.464. The van der Waals surface area contributed by atoms with Gasteiger partial charge in [-0.05, 0) is 66.4 Å². The molecule has 4 aromatic heterocycles. The number of amides is 1. The number of hydrogen-bond donors (Lipinski definition) is 3. The Bertz CT molecular complexity index is 1590. The zero-order chi connectivity index (χ0) is 29.3. The van der Waals surface area contributed by atoms with E-state index in [0.29, 0.717) is 34.5 Å². The number of anilines is 2. The first-order valence-corrected chi connectivity index (χ1v) is 13.7. The highest BCUT2D eigenvalue weighted by Gasteiger charge is 2.35. The first-order valence-electron chi connectivity index (χ1n) is 13.7. The van der Waals surface area contributed by atoms with E-state index in [1.54, 1.807) is 28.0 Å². The van der Waals surface area contributed by atoms with E-state index in [1.165, 1.54) is 6.20 Å². The number of pyridine rings is 2.